The first kappa shape index (κ1) is 15.1. The monoisotopic (exact) mass is 287 g/mol. The summed E-state index contributed by atoms with van der Waals surface area (Å²) in [5.74, 6) is -0.291. The number of aromatic nitrogens is 1. The number of benzene rings is 1. The van der Waals surface area contributed by atoms with E-state index in [9.17, 15) is 9.59 Å². The molecule has 0 saturated carbocycles. The van der Waals surface area contributed by atoms with Crippen LogP contribution in [0.15, 0.2) is 30.5 Å². The van der Waals surface area contributed by atoms with Crippen molar-refractivity contribution < 1.29 is 9.59 Å². The van der Waals surface area contributed by atoms with E-state index in [0.717, 1.165) is 29.3 Å². The Morgan fingerprint density at radius 1 is 1.14 bits per heavy atom. The minimum Gasteiger partial charge on any atom is -0.361 e. The number of rotatable bonds is 7. The standard InChI is InChI=1S/C16H21N3O2/c1-2-3-8-17-16(21)11-19-15(20)9-12-10-18-14-7-5-4-6-13(12)14/h4-7,10,18H,2-3,8-9,11H2,1H3,(H,17,21)(H,19,20). The van der Waals surface area contributed by atoms with Crippen molar-refractivity contribution in [1.82, 2.24) is 15.6 Å². The van der Waals surface area contributed by atoms with Gasteiger partial charge in [0.05, 0.1) is 13.0 Å². The molecule has 1 aromatic heterocycles. The molecular weight excluding hydrogens is 266 g/mol. The highest BCUT2D eigenvalue weighted by Crippen LogP contribution is 2.17. The lowest BCUT2D eigenvalue weighted by molar-refractivity contribution is -0.125. The smallest absolute Gasteiger partial charge is 0.239 e. The molecule has 0 bridgehead atoms. The van der Waals surface area contributed by atoms with Crippen LogP contribution >= 0.6 is 0 Å². The number of amides is 2. The van der Waals surface area contributed by atoms with Crippen LogP contribution in [-0.2, 0) is 16.0 Å². The first-order valence-electron chi connectivity index (χ1n) is 7.29. The summed E-state index contributed by atoms with van der Waals surface area (Å²) >= 11 is 0. The fourth-order valence-corrected chi connectivity index (χ4v) is 2.16. The van der Waals surface area contributed by atoms with Gasteiger partial charge in [-0.25, -0.2) is 0 Å². The molecule has 5 heteroatoms. The van der Waals surface area contributed by atoms with Crippen molar-refractivity contribution in [2.45, 2.75) is 26.2 Å². The van der Waals surface area contributed by atoms with Gasteiger partial charge in [0, 0.05) is 23.6 Å². The van der Waals surface area contributed by atoms with Gasteiger partial charge in [0.2, 0.25) is 11.8 Å². The second kappa shape index (κ2) is 7.47. The number of carbonyl (C=O) groups is 2. The van der Waals surface area contributed by atoms with Gasteiger partial charge < -0.3 is 15.6 Å². The molecule has 0 unspecified atom stereocenters. The molecule has 5 nitrogen and oxygen atoms in total. The van der Waals surface area contributed by atoms with Crippen LogP contribution < -0.4 is 10.6 Å². The van der Waals surface area contributed by atoms with Crippen molar-refractivity contribution in [3.05, 3.63) is 36.0 Å². The van der Waals surface area contributed by atoms with Gasteiger partial charge in [0.15, 0.2) is 0 Å². The number of para-hydroxylation sites is 1. The molecule has 2 amide bonds. The van der Waals surface area contributed by atoms with Crippen LogP contribution in [0.2, 0.25) is 0 Å². The van der Waals surface area contributed by atoms with Crippen molar-refractivity contribution in [3.8, 4) is 0 Å². The lowest BCUT2D eigenvalue weighted by atomic mass is 10.1. The molecule has 1 aromatic carbocycles. The molecule has 2 rings (SSSR count). The number of nitrogens with one attached hydrogen (secondary N) is 3. The summed E-state index contributed by atoms with van der Waals surface area (Å²) < 4.78 is 0. The molecule has 112 valence electrons. The van der Waals surface area contributed by atoms with E-state index in [-0.39, 0.29) is 24.8 Å². The van der Waals surface area contributed by atoms with E-state index < -0.39 is 0 Å². The zero-order chi connectivity index (χ0) is 15.1. The van der Waals surface area contributed by atoms with Gasteiger partial charge in [-0.1, -0.05) is 31.5 Å². The Morgan fingerprint density at radius 2 is 1.95 bits per heavy atom. The highest BCUT2D eigenvalue weighted by Gasteiger charge is 2.09. The Bertz CT molecular complexity index is 619. The zero-order valence-electron chi connectivity index (χ0n) is 12.2. The maximum Gasteiger partial charge on any atom is 0.239 e. The largest absolute Gasteiger partial charge is 0.361 e. The maximum absolute atomic E-state index is 11.9. The van der Waals surface area contributed by atoms with Crippen LogP contribution in [-0.4, -0.2) is 29.9 Å². The number of H-pyrrole nitrogens is 1. The van der Waals surface area contributed by atoms with Crippen LogP contribution in [0.5, 0.6) is 0 Å². The third-order valence-corrected chi connectivity index (χ3v) is 3.32. The van der Waals surface area contributed by atoms with Gasteiger partial charge in [0.1, 0.15) is 0 Å². The minimum absolute atomic E-state index is 0.0326. The third-order valence-electron chi connectivity index (χ3n) is 3.32. The highest BCUT2D eigenvalue weighted by molar-refractivity contribution is 5.90. The number of hydrogen-bond donors (Lipinski definition) is 3. The number of unbranched alkanes of at least 4 members (excludes halogenated alkanes) is 1. The fourth-order valence-electron chi connectivity index (χ4n) is 2.16. The third kappa shape index (κ3) is 4.34. The maximum atomic E-state index is 11.9. The molecule has 21 heavy (non-hydrogen) atoms. The molecule has 1 heterocycles. The number of carbonyl (C=O) groups excluding carboxylic acids is 2. The molecule has 0 saturated heterocycles. The van der Waals surface area contributed by atoms with Crippen molar-refractivity contribution in [3.63, 3.8) is 0 Å². The molecule has 0 radical (unpaired) electrons. The van der Waals surface area contributed by atoms with E-state index >= 15 is 0 Å². The van der Waals surface area contributed by atoms with Crippen LogP contribution in [0.25, 0.3) is 10.9 Å². The van der Waals surface area contributed by atoms with E-state index in [1.54, 1.807) is 0 Å². The molecule has 0 aliphatic rings. The van der Waals surface area contributed by atoms with Crippen molar-refractivity contribution in [1.29, 1.82) is 0 Å². The van der Waals surface area contributed by atoms with E-state index in [1.807, 2.05) is 30.5 Å². The van der Waals surface area contributed by atoms with E-state index in [4.69, 9.17) is 0 Å². The van der Waals surface area contributed by atoms with Gasteiger partial charge in [-0.3, -0.25) is 9.59 Å². The summed E-state index contributed by atoms with van der Waals surface area (Å²) in [6, 6.07) is 7.84. The Morgan fingerprint density at radius 3 is 2.76 bits per heavy atom. The summed E-state index contributed by atoms with van der Waals surface area (Å²) in [6.07, 6.45) is 4.10. The molecule has 0 aliphatic carbocycles. The average molecular weight is 287 g/mol. The Kier molecular flexibility index (Phi) is 5.37. The molecule has 0 atom stereocenters. The van der Waals surface area contributed by atoms with Crippen molar-refractivity contribution >= 4 is 22.7 Å². The predicted molar refractivity (Wildman–Crippen MR) is 82.9 cm³/mol. The summed E-state index contributed by atoms with van der Waals surface area (Å²) in [4.78, 5) is 26.5. The molecular formula is C16H21N3O2. The van der Waals surface area contributed by atoms with E-state index in [0.29, 0.717) is 6.54 Å². The number of fused-ring (bicyclic) bond motifs is 1. The summed E-state index contributed by atoms with van der Waals surface area (Å²) in [5.41, 5.74) is 1.95. The molecule has 0 aliphatic heterocycles. The molecule has 3 N–H and O–H groups in total. The highest BCUT2D eigenvalue weighted by atomic mass is 16.2. The van der Waals surface area contributed by atoms with Crippen LogP contribution in [0.1, 0.15) is 25.3 Å². The van der Waals surface area contributed by atoms with Crippen molar-refractivity contribution in [2.75, 3.05) is 13.1 Å². The van der Waals surface area contributed by atoms with Crippen LogP contribution in [0.3, 0.4) is 0 Å². The second-order valence-electron chi connectivity index (χ2n) is 5.02. The van der Waals surface area contributed by atoms with Crippen molar-refractivity contribution in [2.24, 2.45) is 0 Å². The topological polar surface area (TPSA) is 74.0 Å². The molecule has 0 fully saturated rings. The predicted octanol–water partition coefficient (Wildman–Crippen LogP) is 1.74. The van der Waals surface area contributed by atoms with Gasteiger partial charge in [-0.05, 0) is 18.1 Å². The summed E-state index contributed by atoms with van der Waals surface area (Å²) in [5, 5.41) is 6.46. The fraction of sp³-hybridized carbons (Fsp3) is 0.375. The molecule has 0 spiro atoms. The van der Waals surface area contributed by atoms with Crippen LogP contribution in [0, 0.1) is 0 Å². The second-order valence-corrected chi connectivity index (χ2v) is 5.02. The van der Waals surface area contributed by atoms with Gasteiger partial charge >= 0.3 is 0 Å². The quantitative estimate of drug-likeness (QED) is 0.679. The normalized spacial score (nSPS) is 10.5. The first-order valence-corrected chi connectivity index (χ1v) is 7.29. The SMILES string of the molecule is CCCCNC(=O)CNC(=O)Cc1c[nH]c2ccccc12. The average Bonchev–Trinajstić information content (AvgIpc) is 2.89. The summed E-state index contributed by atoms with van der Waals surface area (Å²) in [7, 11) is 0. The Hall–Kier alpha value is -2.30. The minimum atomic E-state index is -0.148. The van der Waals surface area contributed by atoms with E-state index in [2.05, 4.69) is 22.5 Å². The first-order chi connectivity index (χ1) is 10.2. The number of aromatic amines is 1. The summed E-state index contributed by atoms with van der Waals surface area (Å²) in [6.45, 7) is 2.76. The van der Waals surface area contributed by atoms with Gasteiger partial charge in [-0.15, -0.1) is 0 Å². The lowest BCUT2D eigenvalue weighted by Gasteiger charge is -2.06. The van der Waals surface area contributed by atoms with Gasteiger partial charge in [0.25, 0.3) is 0 Å². The Balaban J connectivity index is 1.81. The molecule has 2 aromatic rings. The van der Waals surface area contributed by atoms with Gasteiger partial charge in [-0.2, -0.15) is 0 Å². The Labute approximate surface area is 124 Å². The zero-order valence-corrected chi connectivity index (χ0v) is 12.2. The number of hydrogen-bond acceptors (Lipinski definition) is 2. The van der Waals surface area contributed by atoms with E-state index in [1.165, 1.54) is 0 Å². The van der Waals surface area contributed by atoms with Crippen LogP contribution in [0.4, 0.5) is 0 Å². The lowest BCUT2D eigenvalue weighted by Crippen LogP contribution is -2.37.